The van der Waals surface area contributed by atoms with Gasteiger partial charge in [0.15, 0.2) is 0 Å². The summed E-state index contributed by atoms with van der Waals surface area (Å²) >= 11 is 0. The van der Waals surface area contributed by atoms with Crippen LogP contribution in [0, 0.1) is 6.92 Å². The van der Waals surface area contributed by atoms with Crippen LogP contribution in [0.15, 0.2) is 65.9 Å². The van der Waals surface area contributed by atoms with Gasteiger partial charge >= 0.3 is 0 Å². The molecule has 6 heteroatoms. The molecule has 0 bridgehead atoms. The summed E-state index contributed by atoms with van der Waals surface area (Å²) in [6, 6.07) is 18.0. The van der Waals surface area contributed by atoms with Crippen molar-refractivity contribution >= 4 is 11.7 Å². The van der Waals surface area contributed by atoms with Gasteiger partial charge in [0, 0.05) is 18.2 Å². The summed E-state index contributed by atoms with van der Waals surface area (Å²) in [6.07, 6.45) is 3.21. The van der Waals surface area contributed by atoms with Crippen molar-refractivity contribution in [3.8, 4) is 5.75 Å². The monoisotopic (exact) mass is 388 g/mol. The van der Waals surface area contributed by atoms with Gasteiger partial charge in [0.1, 0.15) is 12.4 Å². The Kier molecular flexibility index (Phi) is 5.70. The number of fused-ring (bicyclic) bond motifs is 1. The van der Waals surface area contributed by atoms with Crippen LogP contribution in [0.1, 0.15) is 34.7 Å². The molecule has 1 unspecified atom stereocenters. The normalized spacial score (nSPS) is 17.0. The number of oxime groups is 1. The highest BCUT2D eigenvalue weighted by atomic mass is 16.5. The lowest BCUT2D eigenvalue weighted by molar-refractivity contribution is 0.316. The van der Waals surface area contributed by atoms with Crippen molar-refractivity contribution < 1.29 is 9.94 Å². The van der Waals surface area contributed by atoms with Crippen LogP contribution in [0.25, 0.3) is 0 Å². The van der Waals surface area contributed by atoms with Gasteiger partial charge in [0.25, 0.3) is 0 Å². The maximum atomic E-state index is 9.52. The highest BCUT2D eigenvalue weighted by molar-refractivity contribution is 6.02. The molecule has 1 atom stereocenters. The second-order valence-electron chi connectivity index (χ2n) is 7.15. The minimum Gasteiger partial charge on any atom is -0.492 e. The zero-order valence-electron chi connectivity index (χ0n) is 16.4. The summed E-state index contributed by atoms with van der Waals surface area (Å²) in [6.45, 7) is 3.22. The predicted octanol–water partition coefficient (Wildman–Crippen LogP) is 4.18. The highest BCUT2D eigenvalue weighted by Crippen LogP contribution is 2.33. The summed E-state index contributed by atoms with van der Waals surface area (Å²) in [5, 5.41) is 16.3. The summed E-state index contributed by atoms with van der Waals surface area (Å²) < 4.78 is 5.69. The van der Waals surface area contributed by atoms with Crippen molar-refractivity contribution in [2.24, 2.45) is 5.16 Å². The Labute approximate surface area is 170 Å². The quantitative estimate of drug-likeness (QED) is 0.376. The Morgan fingerprint density at radius 3 is 2.69 bits per heavy atom. The molecular formula is C23H24N4O2. The van der Waals surface area contributed by atoms with Gasteiger partial charge in [-0.15, -0.1) is 0 Å². The predicted molar refractivity (Wildman–Crippen MR) is 113 cm³/mol. The fourth-order valence-electron chi connectivity index (χ4n) is 3.76. The first-order valence-electron chi connectivity index (χ1n) is 9.79. The molecule has 0 radical (unpaired) electrons. The molecule has 0 aliphatic heterocycles. The summed E-state index contributed by atoms with van der Waals surface area (Å²) in [5.74, 6) is 1.63. The van der Waals surface area contributed by atoms with Gasteiger partial charge in [-0.05, 0) is 42.5 Å². The van der Waals surface area contributed by atoms with Crippen molar-refractivity contribution in [3.63, 3.8) is 0 Å². The Morgan fingerprint density at radius 1 is 1.10 bits per heavy atom. The molecule has 0 saturated heterocycles. The first-order chi connectivity index (χ1) is 14.2. The number of aryl methyl sites for hydroxylation is 1. The third-order valence-electron chi connectivity index (χ3n) is 5.20. The molecule has 2 aromatic carbocycles. The van der Waals surface area contributed by atoms with Gasteiger partial charge in [-0.1, -0.05) is 47.6 Å². The maximum absolute atomic E-state index is 9.52. The molecule has 4 rings (SSSR count). The topological polar surface area (TPSA) is 79.6 Å². The molecule has 1 heterocycles. The highest BCUT2D eigenvalue weighted by Gasteiger charge is 2.28. The van der Waals surface area contributed by atoms with Crippen molar-refractivity contribution in [2.75, 3.05) is 18.5 Å². The van der Waals surface area contributed by atoms with Gasteiger partial charge < -0.3 is 15.3 Å². The average molecular weight is 388 g/mol. The van der Waals surface area contributed by atoms with E-state index in [2.05, 4.69) is 34.5 Å². The molecule has 0 fully saturated rings. The van der Waals surface area contributed by atoms with E-state index in [0.717, 1.165) is 23.4 Å². The zero-order valence-corrected chi connectivity index (χ0v) is 16.4. The second-order valence-corrected chi connectivity index (χ2v) is 7.15. The van der Waals surface area contributed by atoms with Crippen LogP contribution in [0.2, 0.25) is 0 Å². The van der Waals surface area contributed by atoms with E-state index in [-0.39, 0.29) is 5.92 Å². The molecule has 6 nitrogen and oxygen atoms in total. The Balaban J connectivity index is 1.45. The van der Waals surface area contributed by atoms with Crippen molar-refractivity contribution in [1.82, 2.24) is 9.97 Å². The number of nitrogens with zero attached hydrogens (tertiary/aromatic N) is 3. The molecule has 0 spiro atoms. The Bertz CT molecular complexity index is 1000. The van der Waals surface area contributed by atoms with E-state index in [1.165, 1.54) is 11.1 Å². The van der Waals surface area contributed by atoms with Gasteiger partial charge in [-0.25, -0.2) is 9.97 Å². The van der Waals surface area contributed by atoms with Gasteiger partial charge in [0.2, 0.25) is 5.95 Å². The largest absolute Gasteiger partial charge is 0.492 e. The standard InChI is InChI=1S/C23H24N4O2/c1-16-7-5-6-10-19(16)17-13-21-20(22(14-17)27-28)15-25-23(26-21)24-11-12-29-18-8-3-2-4-9-18/h2-10,15,17,28H,11-14H2,1H3,(H,24,25,26)/b27-22+. The fourth-order valence-corrected chi connectivity index (χ4v) is 3.76. The lowest BCUT2D eigenvalue weighted by Crippen LogP contribution is -2.23. The van der Waals surface area contributed by atoms with E-state index in [1.807, 2.05) is 42.5 Å². The van der Waals surface area contributed by atoms with E-state index in [9.17, 15) is 5.21 Å². The third-order valence-corrected chi connectivity index (χ3v) is 5.20. The van der Waals surface area contributed by atoms with Crippen LogP contribution in [0.4, 0.5) is 5.95 Å². The molecule has 3 aromatic rings. The van der Waals surface area contributed by atoms with Crippen LogP contribution in [-0.4, -0.2) is 34.0 Å². The fraction of sp³-hybridized carbons (Fsp3) is 0.261. The Hall–Kier alpha value is -3.41. The van der Waals surface area contributed by atoms with Crippen LogP contribution in [-0.2, 0) is 6.42 Å². The van der Waals surface area contributed by atoms with Gasteiger partial charge in [-0.2, -0.15) is 0 Å². The van der Waals surface area contributed by atoms with Crippen molar-refractivity contribution in [2.45, 2.75) is 25.7 Å². The van der Waals surface area contributed by atoms with E-state index in [4.69, 9.17) is 9.72 Å². The van der Waals surface area contributed by atoms with Crippen molar-refractivity contribution in [3.05, 3.63) is 83.2 Å². The number of anilines is 1. The van der Waals surface area contributed by atoms with Crippen LogP contribution in [0.5, 0.6) is 5.75 Å². The second kappa shape index (κ2) is 8.73. The SMILES string of the molecule is Cc1ccccc1C1C/C(=N\O)c2cnc(NCCOc3ccccc3)nc2C1. The third kappa shape index (κ3) is 4.37. The molecule has 29 heavy (non-hydrogen) atoms. The number of rotatable bonds is 6. The lowest BCUT2D eigenvalue weighted by atomic mass is 9.80. The summed E-state index contributed by atoms with van der Waals surface area (Å²) in [4.78, 5) is 9.07. The minimum absolute atomic E-state index is 0.235. The van der Waals surface area contributed by atoms with E-state index in [0.29, 0.717) is 31.2 Å². The minimum atomic E-state index is 0.235. The zero-order chi connectivity index (χ0) is 20.1. The van der Waals surface area contributed by atoms with E-state index < -0.39 is 0 Å². The summed E-state index contributed by atoms with van der Waals surface area (Å²) in [7, 11) is 0. The van der Waals surface area contributed by atoms with Crippen molar-refractivity contribution in [1.29, 1.82) is 0 Å². The molecular weight excluding hydrogens is 364 g/mol. The number of para-hydroxylation sites is 1. The molecule has 2 N–H and O–H groups in total. The number of nitrogens with one attached hydrogen (secondary N) is 1. The number of hydrogen-bond acceptors (Lipinski definition) is 6. The number of aromatic nitrogens is 2. The lowest BCUT2D eigenvalue weighted by Gasteiger charge is -2.26. The van der Waals surface area contributed by atoms with E-state index in [1.54, 1.807) is 6.20 Å². The molecule has 1 aromatic heterocycles. The number of hydrogen-bond donors (Lipinski definition) is 2. The molecule has 0 amide bonds. The first-order valence-corrected chi connectivity index (χ1v) is 9.79. The van der Waals surface area contributed by atoms with Crippen LogP contribution in [0.3, 0.4) is 0 Å². The number of ether oxygens (including phenoxy) is 1. The molecule has 1 aliphatic rings. The summed E-state index contributed by atoms with van der Waals surface area (Å²) in [5.41, 5.74) is 4.87. The molecule has 1 aliphatic carbocycles. The average Bonchev–Trinajstić information content (AvgIpc) is 2.77. The molecule has 148 valence electrons. The van der Waals surface area contributed by atoms with E-state index >= 15 is 0 Å². The maximum Gasteiger partial charge on any atom is 0.223 e. The van der Waals surface area contributed by atoms with Crippen LogP contribution < -0.4 is 10.1 Å². The molecule has 0 saturated carbocycles. The Morgan fingerprint density at radius 2 is 1.90 bits per heavy atom. The van der Waals surface area contributed by atoms with Crippen LogP contribution >= 0.6 is 0 Å². The first kappa shape index (κ1) is 18.9. The van der Waals surface area contributed by atoms with Gasteiger partial charge in [-0.3, -0.25) is 0 Å². The van der Waals surface area contributed by atoms with Gasteiger partial charge in [0.05, 0.1) is 18.0 Å². The smallest absolute Gasteiger partial charge is 0.223 e. The number of benzene rings is 2.